The van der Waals surface area contributed by atoms with Gasteiger partial charge >= 0.3 is 5.97 Å². The maximum absolute atomic E-state index is 11.0. The molecule has 0 saturated carbocycles. The number of hydrogen-bond acceptors (Lipinski definition) is 2. The lowest BCUT2D eigenvalue weighted by atomic mass is 10.0. The first kappa shape index (κ1) is 14.6. The minimum Gasteiger partial charge on any atom is -0.478 e. The zero-order chi connectivity index (χ0) is 13.5. The largest absolute Gasteiger partial charge is 0.478 e. The monoisotopic (exact) mass is 249 g/mol. The van der Waals surface area contributed by atoms with Crippen molar-refractivity contribution in [2.24, 2.45) is 0 Å². The van der Waals surface area contributed by atoms with Gasteiger partial charge in [0.15, 0.2) is 0 Å². The van der Waals surface area contributed by atoms with E-state index < -0.39 is 5.97 Å². The molecule has 0 amide bonds. The molecule has 0 aromatic heterocycles. The van der Waals surface area contributed by atoms with Crippen LogP contribution in [-0.2, 0) is 0 Å². The molecule has 0 aliphatic rings. The smallest absolute Gasteiger partial charge is 0.336 e. The van der Waals surface area contributed by atoms with Crippen molar-refractivity contribution in [3.63, 3.8) is 0 Å². The summed E-state index contributed by atoms with van der Waals surface area (Å²) in [5, 5.41) is 12.5. The highest BCUT2D eigenvalue weighted by molar-refractivity contribution is 5.91. The third-order valence-electron chi connectivity index (χ3n) is 3.21. The van der Waals surface area contributed by atoms with Crippen LogP contribution < -0.4 is 5.32 Å². The van der Waals surface area contributed by atoms with Crippen LogP contribution in [0.2, 0.25) is 0 Å². The van der Waals surface area contributed by atoms with Crippen molar-refractivity contribution in [2.75, 3.05) is 5.32 Å². The molecule has 3 nitrogen and oxygen atoms in total. The first-order chi connectivity index (χ1) is 8.56. The van der Waals surface area contributed by atoms with Gasteiger partial charge in [0, 0.05) is 11.7 Å². The fourth-order valence-electron chi connectivity index (χ4n) is 2.06. The molecule has 3 heteroatoms. The van der Waals surface area contributed by atoms with Gasteiger partial charge in [-0.1, -0.05) is 32.3 Å². The molecule has 0 spiro atoms. The molecule has 0 aliphatic heterocycles. The Bertz CT molecular complexity index is 401. The van der Waals surface area contributed by atoms with Gasteiger partial charge in [0.25, 0.3) is 0 Å². The second-order valence-electron chi connectivity index (χ2n) is 4.82. The van der Waals surface area contributed by atoms with Gasteiger partial charge in [0.2, 0.25) is 0 Å². The number of carbonyl (C=O) groups is 1. The van der Waals surface area contributed by atoms with Crippen LogP contribution in [0.25, 0.3) is 0 Å². The number of hydrogen-bond donors (Lipinski definition) is 2. The van der Waals surface area contributed by atoms with Crippen molar-refractivity contribution in [2.45, 2.75) is 52.5 Å². The molecule has 1 aromatic carbocycles. The quantitative estimate of drug-likeness (QED) is 0.716. The van der Waals surface area contributed by atoms with E-state index in [1.165, 1.54) is 19.3 Å². The van der Waals surface area contributed by atoms with Crippen LogP contribution in [0.5, 0.6) is 0 Å². The summed E-state index contributed by atoms with van der Waals surface area (Å²) >= 11 is 0. The Hall–Kier alpha value is -1.51. The molecule has 0 fully saturated rings. The van der Waals surface area contributed by atoms with Crippen LogP contribution in [-0.4, -0.2) is 17.1 Å². The fraction of sp³-hybridized carbons (Fsp3) is 0.533. The minimum absolute atomic E-state index is 0.374. The summed E-state index contributed by atoms with van der Waals surface area (Å²) in [5.74, 6) is -0.866. The normalized spacial score (nSPS) is 12.2. The summed E-state index contributed by atoms with van der Waals surface area (Å²) in [6.07, 6.45) is 4.80. The molecule has 1 atom stereocenters. The van der Waals surface area contributed by atoms with Crippen LogP contribution in [0.15, 0.2) is 18.2 Å². The van der Waals surface area contributed by atoms with Gasteiger partial charge in [0.05, 0.1) is 5.56 Å². The number of carboxylic acid groups (broad SMARTS) is 1. The molecule has 0 bridgehead atoms. The van der Waals surface area contributed by atoms with Gasteiger partial charge < -0.3 is 10.4 Å². The van der Waals surface area contributed by atoms with E-state index in [-0.39, 0.29) is 0 Å². The Morgan fingerprint density at radius 3 is 2.72 bits per heavy atom. The van der Waals surface area contributed by atoms with Crippen LogP contribution in [0.3, 0.4) is 0 Å². The molecule has 0 saturated heterocycles. The molecule has 18 heavy (non-hydrogen) atoms. The van der Waals surface area contributed by atoms with E-state index in [2.05, 4.69) is 19.2 Å². The number of unbranched alkanes of at least 4 members (excludes halogenated alkanes) is 2. The summed E-state index contributed by atoms with van der Waals surface area (Å²) in [5.41, 5.74) is 2.12. The van der Waals surface area contributed by atoms with E-state index in [1.807, 2.05) is 13.0 Å². The van der Waals surface area contributed by atoms with Gasteiger partial charge in [-0.3, -0.25) is 0 Å². The second kappa shape index (κ2) is 7.04. The van der Waals surface area contributed by atoms with E-state index in [4.69, 9.17) is 5.11 Å². The van der Waals surface area contributed by atoms with Crippen LogP contribution in [0.4, 0.5) is 5.69 Å². The lowest BCUT2D eigenvalue weighted by Crippen LogP contribution is -2.16. The molecular formula is C15H23NO2. The molecule has 0 radical (unpaired) electrons. The zero-order valence-corrected chi connectivity index (χ0v) is 11.5. The second-order valence-corrected chi connectivity index (χ2v) is 4.82. The van der Waals surface area contributed by atoms with E-state index >= 15 is 0 Å². The number of rotatable bonds is 7. The summed E-state index contributed by atoms with van der Waals surface area (Å²) in [6, 6.07) is 5.75. The summed E-state index contributed by atoms with van der Waals surface area (Å²) < 4.78 is 0. The molecule has 2 N–H and O–H groups in total. The summed E-state index contributed by atoms with van der Waals surface area (Å²) in [7, 11) is 0. The molecular weight excluding hydrogens is 226 g/mol. The average molecular weight is 249 g/mol. The summed E-state index contributed by atoms with van der Waals surface area (Å²) in [4.78, 5) is 11.0. The standard InChI is InChI=1S/C15H23NO2/c1-4-5-6-8-11(2)16-14-10-7-9-13(12(14)3)15(17)18/h7,9-11,16H,4-6,8H2,1-3H3,(H,17,18). The van der Waals surface area contributed by atoms with Crippen LogP contribution >= 0.6 is 0 Å². The lowest BCUT2D eigenvalue weighted by molar-refractivity contribution is 0.0696. The molecule has 100 valence electrons. The topological polar surface area (TPSA) is 49.3 Å². The van der Waals surface area contributed by atoms with Crippen molar-refractivity contribution in [1.82, 2.24) is 0 Å². The predicted octanol–water partition coefficient (Wildman–Crippen LogP) is 4.07. The zero-order valence-electron chi connectivity index (χ0n) is 11.5. The maximum Gasteiger partial charge on any atom is 0.336 e. The maximum atomic E-state index is 11.0. The Morgan fingerprint density at radius 1 is 1.39 bits per heavy atom. The van der Waals surface area contributed by atoms with E-state index in [0.717, 1.165) is 17.7 Å². The highest BCUT2D eigenvalue weighted by Crippen LogP contribution is 2.20. The Morgan fingerprint density at radius 2 is 2.11 bits per heavy atom. The van der Waals surface area contributed by atoms with Crippen molar-refractivity contribution in [3.05, 3.63) is 29.3 Å². The Labute approximate surface area is 109 Å². The summed E-state index contributed by atoms with van der Waals surface area (Å²) in [6.45, 7) is 6.19. The van der Waals surface area contributed by atoms with Crippen molar-refractivity contribution in [3.8, 4) is 0 Å². The third kappa shape index (κ3) is 4.06. The van der Waals surface area contributed by atoms with Gasteiger partial charge in [-0.25, -0.2) is 4.79 Å². The molecule has 0 aliphatic carbocycles. The molecule has 1 rings (SSSR count). The Balaban J connectivity index is 2.67. The number of anilines is 1. The number of benzene rings is 1. The first-order valence-corrected chi connectivity index (χ1v) is 6.65. The number of carboxylic acids is 1. The van der Waals surface area contributed by atoms with E-state index in [9.17, 15) is 4.79 Å². The van der Waals surface area contributed by atoms with Crippen molar-refractivity contribution >= 4 is 11.7 Å². The third-order valence-corrected chi connectivity index (χ3v) is 3.21. The average Bonchev–Trinajstić information content (AvgIpc) is 2.32. The highest BCUT2D eigenvalue weighted by Gasteiger charge is 2.11. The highest BCUT2D eigenvalue weighted by atomic mass is 16.4. The SMILES string of the molecule is CCCCCC(C)Nc1cccc(C(=O)O)c1C. The Kier molecular flexibility index (Phi) is 5.69. The van der Waals surface area contributed by atoms with Crippen LogP contribution in [0.1, 0.15) is 55.5 Å². The first-order valence-electron chi connectivity index (χ1n) is 6.65. The molecule has 1 aromatic rings. The van der Waals surface area contributed by atoms with E-state index in [1.54, 1.807) is 12.1 Å². The molecule has 1 unspecified atom stereocenters. The van der Waals surface area contributed by atoms with Gasteiger partial charge in [-0.2, -0.15) is 0 Å². The van der Waals surface area contributed by atoms with E-state index in [0.29, 0.717) is 11.6 Å². The van der Waals surface area contributed by atoms with Gasteiger partial charge in [-0.15, -0.1) is 0 Å². The lowest BCUT2D eigenvalue weighted by Gasteiger charge is -2.17. The van der Waals surface area contributed by atoms with Crippen molar-refractivity contribution < 1.29 is 9.90 Å². The van der Waals surface area contributed by atoms with Gasteiger partial charge in [-0.05, 0) is 38.0 Å². The molecule has 0 heterocycles. The number of aromatic carboxylic acids is 1. The fourth-order valence-corrected chi connectivity index (χ4v) is 2.06. The number of nitrogens with one attached hydrogen (secondary N) is 1. The predicted molar refractivity (Wildman–Crippen MR) is 75.4 cm³/mol. The van der Waals surface area contributed by atoms with Crippen molar-refractivity contribution in [1.29, 1.82) is 0 Å². The minimum atomic E-state index is -0.866. The van der Waals surface area contributed by atoms with Gasteiger partial charge in [0.1, 0.15) is 0 Å². The van der Waals surface area contributed by atoms with Crippen LogP contribution in [0, 0.1) is 6.92 Å².